The van der Waals surface area contributed by atoms with Crippen LogP contribution in [-0.2, 0) is 9.84 Å². The molecule has 0 rings (SSSR count). The van der Waals surface area contributed by atoms with E-state index in [1.807, 2.05) is 0 Å². The van der Waals surface area contributed by atoms with Gasteiger partial charge in [-0.15, -0.1) is 0 Å². The van der Waals surface area contributed by atoms with Gasteiger partial charge in [0.05, 0.1) is 0 Å². The quantitative estimate of drug-likeness (QED) is 0.508. The van der Waals surface area contributed by atoms with Crippen molar-refractivity contribution in [2.24, 2.45) is 0 Å². The van der Waals surface area contributed by atoms with E-state index in [1.165, 1.54) is 0 Å². The summed E-state index contributed by atoms with van der Waals surface area (Å²) in [5.41, 5.74) is -1.73. The first-order chi connectivity index (χ1) is 2.94. The first-order valence-electron chi connectivity index (χ1n) is 1.77. The summed E-state index contributed by atoms with van der Waals surface area (Å²) in [5, 5.41) is 0. The van der Waals surface area contributed by atoms with Crippen LogP contribution in [0.3, 0.4) is 0 Å². The van der Waals surface area contributed by atoms with Gasteiger partial charge in [0.2, 0.25) is 0 Å². The monoisotopic (exact) mass is 126 g/mol. The predicted molar refractivity (Wildman–Crippen MR) is 25.4 cm³/mol. The summed E-state index contributed by atoms with van der Waals surface area (Å²) in [7, 11) is -3.41. The molecule has 0 spiro atoms. The Hall–Kier alpha value is -0.120. The van der Waals surface area contributed by atoms with Gasteiger partial charge in [-0.25, -0.2) is 12.8 Å². The second-order valence-electron chi connectivity index (χ2n) is 1.37. The molecule has 0 aromatic rings. The first-order valence-corrected chi connectivity index (χ1v) is 3.73. The van der Waals surface area contributed by atoms with Gasteiger partial charge < -0.3 is 0 Å². The van der Waals surface area contributed by atoms with Crippen LogP contribution < -0.4 is 0 Å². The minimum absolute atomic E-state index is 0.859. The van der Waals surface area contributed by atoms with E-state index in [9.17, 15) is 12.8 Å². The second kappa shape index (κ2) is 1.78. The zero-order valence-corrected chi connectivity index (χ0v) is 5.00. The molecule has 2 nitrogen and oxygen atoms in total. The summed E-state index contributed by atoms with van der Waals surface area (Å²) in [5.74, 6) is 0. The second-order valence-corrected chi connectivity index (χ2v) is 3.68. The molecule has 0 bridgehead atoms. The summed E-state index contributed by atoms with van der Waals surface area (Å²) in [6.45, 7) is 0.995. The average molecular weight is 126 g/mol. The van der Waals surface area contributed by atoms with Crippen molar-refractivity contribution in [2.45, 2.75) is 12.4 Å². The maximum Gasteiger partial charge on any atom is 0.197 e. The highest BCUT2D eigenvalue weighted by atomic mass is 32.2. The Morgan fingerprint density at radius 3 is 1.71 bits per heavy atom. The van der Waals surface area contributed by atoms with Crippen LogP contribution in [0.25, 0.3) is 0 Å². The largest absolute Gasteiger partial charge is 0.230 e. The van der Waals surface area contributed by atoms with Gasteiger partial charge >= 0.3 is 0 Å². The maximum atomic E-state index is 11.6. The van der Waals surface area contributed by atoms with Crippen molar-refractivity contribution in [3.8, 4) is 0 Å². The van der Waals surface area contributed by atoms with Crippen LogP contribution in [0.4, 0.5) is 4.39 Å². The fourth-order valence-electron chi connectivity index (χ4n) is 0. The van der Waals surface area contributed by atoms with Crippen LogP contribution in [-0.4, -0.2) is 20.2 Å². The van der Waals surface area contributed by atoms with Crippen molar-refractivity contribution in [2.75, 3.05) is 6.26 Å². The van der Waals surface area contributed by atoms with Crippen molar-refractivity contribution in [3.63, 3.8) is 0 Å². The molecule has 0 fully saturated rings. The minimum Gasteiger partial charge on any atom is -0.230 e. The molecule has 0 saturated carbocycles. The lowest BCUT2D eigenvalue weighted by molar-refractivity contribution is 0.446. The van der Waals surface area contributed by atoms with Crippen LogP contribution in [0.2, 0.25) is 0 Å². The van der Waals surface area contributed by atoms with Crippen molar-refractivity contribution in [1.29, 1.82) is 0 Å². The average Bonchev–Trinajstić information content (AvgIpc) is 1.31. The molecule has 0 aliphatic carbocycles. The number of hydrogen-bond donors (Lipinski definition) is 0. The zero-order chi connectivity index (χ0) is 6.08. The molecule has 44 valence electrons. The number of sulfone groups is 1. The molecule has 0 N–H and O–H groups in total. The molecule has 1 atom stereocenters. The Balaban J connectivity index is 4.10. The number of alkyl halides is 1. The van der Waals surface area contributed by atoms with E-state index in [0.29, 0.717) is 0 Å². The Labute approximate surface area is 42.3 Å². The Kier molecular flexibility index (Phi) is 1.75. The number of halogens is 1. The normalized spacial score (nSPS) is 16.4. The van der Waals surface area contributed by atoms with Gasteiger partial charge in [0, 0.05) is 6.26 Å². The molecular weight excluding hydrogens is 119 g/mol. The van der Waals surface area contributed by atoms with E-state index >= 15 is 0 Å². The highest BCUT2D eigenvalue weighted by Gasteiger charge is 2.10. The van der Waals surface area contributed by atoms with Crippen LogP contribution in [0.5, 0.6) is 0 Å². The molecule has 7 heavy (non-hydrogen) atoms. The van der Waals surface area contributed by atoms with Gasteiger partial charge in [-0.05, 0) is 6.92 Å². The fourth-order valence-corrected chi connectivity index (χ4v) is 0. The molecule has 0 aliphatic rings. The van der Waals surface area contributed by atoms with E-state index in [0.717, 1.165) is 13.2 Å². The third-order valence-electron chi connectivity index (χ3n) is 0.590. The standard InChI is InChI=1S/C3H7FO2S/c1-3(4)7(2,5)6/h3H,1-2H3. The van der Waals surface area contributed by atoms with Gasteiger partial charge in [-0.3, -0.25) is 0 Å². The zero-order valence-electron chi connectivity index (χ0n) is 4.18. The molecule has 4 heteroatoms. The number of rotatable bonds is 1. The molecule has 0 saturated heterocycles. The van der Waals surface area contributed by atoms with E-state index in [4.69, 9.17) is 0 Å². The highest BCUT2D eigenvalue weighted by molar-refractivity contribution is 7.91. The molecule has 0 amide bonds. The van der Waals surface area contributed by atoms with Gasteiger partial charge in [-0.1, -0.05) is 0 Å². The van der Waals surface area contributed by atoms with Crippen LogP contribution in [0.1, 0.15) is 6.92 Å². The lowest BCUT2D eigenvalue weighted by Crippen LogP contribution is -2.08. The molecule has 0 aromatic heterocycles. The van der Waals surface area contributed by atoms with Crippen LogP contribution in [0, 0.1) is 0 Å². The van der Waals surface area contributed by atoms with Crippen molar-refractivity contribution < 1.29 is 12.8 Å². The summed E-state index contributed by atoms with van der Waals surface area (Å²) >= 11 is 0. The van der Waals surface area contributed by atoms with Gasteiger partial charge in [0.25, 0.3) is 0 Å². The predicted octanol–water partition coefficient (Wildman–Crippen LogP) is 0.347. The van der Waals surface area contributed by atoms with Crippen molar-refractivity contribution in [1.82, 2.24) is 0 Å². The van der Waals surface area contributed by atoms with Crippen LogP contribution >= 0.6 is 0 Å². The SMILES string of the molecule is CC(F)S(C)(=O)=O. The smallest absolute Gasteiger partial charge is 0.197 e. The van der Waals surface area contributed by atoms with Crippen molar-refractivity contribution >= 4 is 9.84 Å². The molecule has 1 unspecified atom stereocenters. The third-order valence-corrected chi connectivity index (χ3v) is 1.77. The summed E-state index contributed by atoms with van der Waals surface area (Å²) < 4.78 is 31.5. The first kappa shape index (κ1) is 6.88. The maximum absolute atomic E-state index is 11.6. The molecule has 0 heterocycles. The Morgan fingerprint density at radius 1 is 1.57 bits per heavy atom. The number of hydrogen-bond acceptors (Lipinski definition) is 2. The fraction of sp³-hybridized carbons (Fsp3) is 1.00. The lowest BCUT2D eigenvalue weighted by Gasteiger charge is -1.92. The topological polar surface area (TPSA) is 34.1 Å². The Morgan fingerprint density at radius 2 is 1.71 bits per heavy atom. The molecule has 0 aromatic carbocycles. The van der Waals surface area contributed by atoms with Gasteiger partial charge in [0.15, 0.2) is 15.3 Å². The molecule has 0 radical (unpaired) electrons. The van der Waals surface area contributed by atoms with Crippen LogP contribution in [0.15, 0.2) is 0 Å². The summed E-state index contributed by atoms with van der Waals surface area (Å²) in [6.07, 6.45) is 0.859. The van der Waals surface area contributed by atoms with E-state index in [1.54, 1.807) is 0 Å². The third kappa shape index (κ3) is 2.56. The lowest BCUT2D eigenvalue weighted by atomic mass is 10.9. The summed E-state index contributed by atoms with van der Waals surface area (Å²) in [4.78, 5) is 0. The van der Waals surface area contributed by atoms with E-state index in [-0.39, 0.29) is 0 Å². The van der Waals surface area contributed by atoms with Crippen molar-refractivity contribution in [3.05, 3.63) is 0 Å². The highest BCUT2D eigenvalue weighted by Crippen LogP contribution is 1.95. The Bertz CT molecular complexity index is 135. The van der Waals surface area contributed by atoms with E-state index in [2.05, 4.69) is 0 Å². The minimum atomic E-state index is -3.41. The van der Waals surface area contributed by atoms with Gasteiger partial charge in [-0.2, -0.15) is 0 Å². The summed E-state index contributed by atoms with van der Waals surface area (Å²) in [6, 6.07) is 0. The molecular formula is C3H7FO2S. The van der Waals surface area contributed by atoms with Gasteiger partial charge in [0.1, 0.15) is 0 Å². The van der Waals surface area contributed by atoms with E-state index < -0.39 is 15.3 Å². The molecule has 0 aliphatic heterocycles.